The molecule has 0 spiro atoms. The van der Waals surface area contributed by atoms with Gasteiger partial charge in [-0.25, -0.2) is 0 Å². The third-order valence-corrected chi connectivity index (χ3v) is 3.86. The van der Waals surface area contributed by atoms with Gasteiger partial charge in [0, 0.05) is 25.6 Å². The molecule has 0 aliphatic carbocycles. The molecule has 1 saturated heterocycles. The van der Waals surface area contributed by atoms with Gasteiger partial charge in [0.2, 0.25) is 5.91 Å². The van der Waals surface area contributed by atoms with Gasteiger partial charge in [-0.1, -0.05) is 25.1 Å². The molecule has 4 nitrogen and oxygen atoms in total. The quantitative estimate of drug-likeness (QED) is 0.892. The van der Waals surface area contributed by atoms with Crippen LogP contribution >= 0.6 is 0 Å². The maximum absolute atomic E-state index is 12.2. The van der Waals surface area contributed by atoms with Gasteiger partial charge >= 0.3 is 0 Å². The molecule has 1 aliphatic rings. The Labute approximate surface area is 120 Å². The molecule has 0 saturated carbocycles. The fraction of sp³-hybridized carbons (Fsp3) is 0.562. The van der Waals surface area contributed by atoms with Crippen molar-refractivity contribution in [3.63, 3.8) is 0 Å². The smallest absolute Gasteiger partial charge is 0.222 e. The highest BCUT2D eigenvalue weighted by atomic mass is 16.5. The molecule has 110 valence electrons. The first-order chi connectivity index (χ1) is 9.60. The number of hydrogen-bond donors (Lipinski definition) is 1. The average Bonchev–Trinajstić information content (AvgIpc) is 2.86. The second kappa shape index (κ2) is 6.75. The van der Waals surface area contributed by atoms with E-state index in [1.807, 2.05) is 23.1 Å². The molecule has 2 atom stereocenters. The molecule has 20 heavy (non-hydrogen) atoms. The maximum Gasteiger partial charge on any atom is 0.222 e. The summed E-state index contributed by atoms with van der Waals surface area (Å²) < 4.78 is 5.35. The Kier molecular flexibility index (Phi) is 5.01. The summed E-state index contributed by atoms with van der Waals surface area (Å²) in [5, 5.41) is 0. The predicted octanol–water partition coefficient (Wildman–Crippen LogP) is 1.82. The molecule has 1 aromatic carbocycles. The van der Waals surface area contributed by atoms with E-state index in [4.69, 9.17) is 10.5 Å². The van der Waals surface area contributed by atoms with E-state index < -0.39 is 0 Å². The fourth-order valence-electron chi connectivity index (χ4n) is 2.76. The highest BCUT2D eigenvalue weighted by Crippen LogP contribution is 2.23. The summed E-state index contributed by atoms with van der Waals surface area (Å²) >= 11 is 0. The van der Waals surface area contributed by atoms with Crippen LogP contribution in [-0.2, 0) is 11.2 Å². The lowest BCUT2D eigenvalue weighted by Gasteiger charge is -2.19. The molecule has 1 aliphatic heterocycles. The Morgan fingerprint density at radius 3 is 2.90 bits per heavy atom. The van der Waals surface area contributed by atoms with Gasteiger partial charge in [0.15, 0.2) is 0 Å². The molecule has 0 radical (unpaired) electrons. The fourth-order valence-corrected chi connectivity index (χ4v) is 2.76. The van der Waals surface area contributed by atoms with Gasteiger partial charge in [0.1, 0.15) is 5.75 Å². The van der Waals surface area contributed by atoms with Gasteiger partial charge in [-0.15, -0.1) is 0 Å². The minimum atomic E-state index is 0.156. The Morgan fingerprint density at radius 2 is 2.25 bits per heavy atom. The standard InChI is InChI=1S/C16H24N2O2/c1-12(9-13-5-3-4-6-15(13)20-2)10-16(19)18-8-7-14(17)11-18/h3-6,12,14H,7-11,17H2,1-2H3/t12?,14-/m1/s1. The van der Waals surface area contributed by atoms with E-state index in [0.29, 0.717) is 18.9 Å². The second-order valence-electron chi connectivity index (χ2n) is 5.71. The number of para-hydroxylation sites is 1. The van der Waals surface area contributed by atoms with E-state index >= 15 is 0 Å². The van der Waals surface area contributed by atoms with E-state index in [9.17, 15) is 4.79 Å². The van der Waals surface area contributed by atoms with Crippen LogP contribution in [0.15, 0.2) is 24.3 Å². The van der Waals surface area contributed by atoms with Crippen molar-refractivity contribution in [2.75, 3.05) is 20.2 Å². The first-order valence-electron chi connectivity index (χ1n) is 7.25. The summed E-state index contributed by atoms with van der Waals surface area (Å²) in [5.74, 6) is 1.42. The van der Waals surface area contributed by atoms with Crippen molar-refractivity contribution in [1.82, 2.24) is 4.90 Å². The molecule has 0 bridgehead atoms. The van der Waals surface area contributed by atoms with Crippen molar-refractivity contribution in [2.24, 2.45) is 11.7 Å². The van der Waals surface area contributed by atoms with E-state index in [0.717, 1.165) is 30.7 Å². The summed E-state index contributed by atoms with van der Waals surface area (Å²) in [6, 6.07) is 8.15. The number of nitrogens with two attached hydrogens (primary N) is 1. The van der Waals surface area contributed by atoms with E-state index in [1.165, 1.54) is 0 Å². The first-order valence-corrected chi connectivity index (χ1v) is 7.25. The van der Waals surface area contributed by atoms with Crippen LogP contribution in [0.25, 0.3) is 0 Å². The third kappa shape index (κ3) is 3.73. The maximum atomic E-state index is 12.2. The molecule has 1 heterocycles. The summed E-state index contributed by atoms with van der Waals surface area (Å²) in [7, 11) is 1.68. The number of hydrogen-bond acceptors (Lipinski definition) is 3. The van der Waals surface area contributed by atoms with Crippen LogP contribution in [-0.4, -0.2) is 37.0 Å². The van der Waals surface area contributed by atoms with Gasteiger partial charge in [-0.05, 0) is 30.4 Å². The number of carbonyl (C=O) groups is 1. The lowest BCUT2D eigenvalue weighted by Crippen LogP contribution is -2.32. The van der Waals surface area contributed by atoms with E-state index in [2.05, 4.69) is 13.0 Å². The molecular weight excluding hydrogens is 252 g/mol. The Balaban J connectivity index is 1.89. The minimum Gasteiger partial charge on any atom is -0.496 e. The van der Waals surface area contributed by atoms with Crippen LogP contribution in [0.5, 0.6) is 5.75 Å². The van der Waals surface area contributed by atoms with Crippen LogP contribution < -0.4 is 10.5 Å². The van der Waals surface area contributed by atoms with Crippen molar-refractivity contribution in [3.8, 4) is 5.75 Å². The SMILES string of the molecule is COc1ccccc1CC(C)CC(=O)N1CC[C@@H](N)C1. The van der Waals surface area contributed by atoms with Gasteiger partial charge in [0.05, 0.1) is 7.11 Å². The lowest BCUT2D eigenvalue weighted by atomic mass is 9.97. The van der Waals surface area contributed by atoms with Crippen molar-refractivity contribution >= 4 is 5.91 Å². The molecule has 1 amide bonds. The molecule has 2 N–H and O–H groups in total. The lowest BCUT2D eigenvalue weighted by molar-refractivity contribution is -0.131. The number of nitrogens with zero attached hydrogens (tertiary/aromatic N) is 1. The number of amides is 1. The number of ether oxygens (including phenoxy) is 1. The predicted molar refractivity (Wildman–Crippen MR) is 79.7 cm³/mol. The molecule has 1 unspecified atom stereocenters. The Hall–Kier alpha value is -1.55. The van der Waals surface area contributed by atoms with Crippen LogP contribution in [0.1, 0.15) is 25.3 Å². The Bertz CT molecular complexity index is 462. The van der Waals surface area contributed by atoms with Gasteiger partial charge in [0.25, 0.3) is 0 Å². The summed E-state index contributed by atoms with van der Waals surface area (Å²) in [6.07, 6.45) is 2.35. The van der Waals surface area contributed by atoms with Crippen LogP contribution in [0.3, 0.4) is 0 Å². The number of likely N-dealkylation sites (tertiary alicyclic amines) is 1. The van der Waals surface area contributed by atoms with Crippen molar-refractivity contribution in [2.45, 2.75) is 32.2 Å². The topological polar surface area (TPSA) is 55.6 Å². The molecular formula is C16H24N2O2. The number of carbonyl (C=O) groups excluding carboxylic acids is 1. The highest BCUT2D eigenvalue weighted by Gasteiger charge is 2.24. The number of benzene rings is 1. The highest BCUT2D eigenvalue weighted by molar-refractivity contribution is 5.76. The zero-order valence-corrected chi connectivity index (χ0v) is 12.3. The van der Waals surface area contributed by atoms with Crippen molar-refractivity contribution in [3.05, 3.63) is 29.8 Å². The van der Waals surface area contributed by atoms with Gasteiger partial charge < -0.3 is 15.4 Å². The summed E-state index contributed by atoms with van der Waals surface area (Å²) in [6.45, 7) is 3.63. The second-order valence-corrected chi connectivity index (χ2v) is 5.71. The summed E-state index contributed by atoms with van der Waals surface area (Å²) in [4.78, 5) is 14.1. The number of rotatable bonds is 5. The first kappa shape index (κ1) is 14.9. The van der Waals surface area contributed by atoms with E-state index in [-0.39, 0.29) is 11.9 Å². The minimum absolute atomic E-state index is 0.156. The zero-order valence-electron chi connectivity index (χ0n) is 12.3. The van der Waals surface area contributed by atoms with E-state index in [1.54, 1.807) is 7.11 Å². The van der Waals surface area contributed by atoms with Crippen LogP contribution in [0, 0.1) is 5.92 Å². The number of methoxy groups -OCH3 is 1. The van der Waals surface area contributed by atoms with Gasteiger partial charge in [-0.3, -0.25) is 4.79 Å². The molecule has 4 heteroatoms. The van der Waals surface area contributed by atoms with Gasteiger partial charge in [-0.2, -0.15) is 0 Å². The molecule has 2 rings (SSSR count). The largest absolute Gasteiger partial charge is 0.496 e. The zero-order chi connectivity index (χ0) is 14.5. The molecule has 1 aromatic rings. The Morgan fingerprint density at radius 1 is 1.50 bits per heavy atom. The monoisotopic (exact) mass is 276 g/mol. The van der Waals surface area contributed by atoms with Crippen LogP contribution in [0.4, 0.5) is 0 Å². The van der Waals surface area contributed by atoms with Crippen molar-refractivity contribution in [1.29, 1.82) is 0 Å². The normalized spacial score (nSPS) is 19.9. The van der Waals surface area contributed by atoms with Crippen molar-refractivity contribution < 1.29 is 9.53 Å². The van der Waals surface area contributed by atoms with Crippen LogP contribution in [0.2, 0.25) is 0 Å². The molecule has 0 aromatic heterocycles. The third-order valence-electron chi connectivity index (χ3n) is 3.86. The average molecular weight is 276 g/mol. The summed E-state index contributed by atoms with van der Waals surface area (Å²) in [5.41, 5.74) is 7.01. The molecule has 1 fully saturated rings.